The first-order chi connectivity index (χ1) is 16.7. The summed E-state index contributed by atoms with van der Waals surface area (Å²) in [7, 11) is -0.454. The van der Waals surface area contributed by atoms with E-state index in [2.05, 4.69) is 164 Å². The number of hydrogen-bond acceptors (Lipinski definition) is 0. The quantitative estimate of drug-likeness (QED) is 0.135. The van der Waals surface area contributed by atoms with Crippen LogP contribution in [0.4, 0.5) is 0 Å². The van der Waals surface area contributed by atoms with Gasteiger partial charge in [0.1, 0.15) is 0 Å². The molecule has 0 nitrogen and oxygen atoms in total. The Morgan fingerprint density at radius 1 is 0.500 bits per heavy atom. The first-order valence-electron chi connectivity index (χ1n) is 11.4. The SMILES string of the molecule is C[C@@H](C[C@H](C)[PH+](c1ccccc1)c1ccccc1)[PH+](c1ccccc1)c1ccccc1.[Br][Ni][Br]. The Bertz CT molecular complexity index is 900. The fourth-order valence-electron chi connectivity index (χ4n) is 4.71. The van der Waals surface area contributed by atoms with Crippen molar-refractivity contribution >= 4 is 65.5 Å². The Kier molecular flexibility index (Phi) is 12.5. The van der Waals surface area contributed by atoms with Crippen molar-refractivity contribution in [2.24, 2.45) is 0 Å². The van der Waals surface area contributed by atoms with E-state index in [1.807, 2.05) is 0 Å². The van der Waals surface area contributed by atoms with Crippen molar-refractivity contribution in [1.29, 1.82) is 0 Å². The van der Waals surface area contributed by atoms with Gasteiger partial charge < -0.3 is 0 Å². The fraction of sp³-hybridized carbons (Fsp3) is 0.172. The zero-order chi connectivity index (χ0) is 24.2. The van der Waals surface area contributed by atoms with Crippen molar-refractivity contribution in [3.05, 3.63) is 121 Å². The second kappa shape index (κ2) is 15.3. The summed E-state index contributed by atoms with van der Waals surface area (Å²) in [5.41, 5.74) is 1.30. The standard InChI is InChI=1S/C29H30P2.2BrH.Ni/c1-24(30(26-15-7-3-8-16-26)27-17-9-4-10-18-27)23-25(2)31(28-19-11-5-12-20-28)29-21-13-6-14-22-29;;;/h3-22,24-25H,23H2,1-2H3;2*1H;/q;;;+2/t24-,25-;;;/m0.../s1. The molecule has 0 amide bonds. The summed E-state index contributed by atoms with van der Waals surface area (Å²) in [4.78, 5) is 0. The summed E-state index contributed by atoms with van der Waals surface area (Å²) in [6.07, 6.45) is 1.25. The topological polar surface area (TPSA) is 0 Å². The van der Waals surface area contributed by atoms with Gasteiger partial charge in [-0.3, -0.25) is 0 Å². The van der Waals surface area contributed by atoms with Gasteiger partial charge in [-0.25, -0.2) is 0 Å². The van der Waals surface area contributed by atoms with Crippen LogP contribution in [0.1, 0.15) is 20.3 Å². The molecule has 4 aromatic rings. The van der Waals surface area contributed by atoms with Crippen molar-refractivity contribution in [1.82, 2.24) is 0 Å². The fourth-order valence-corrected chi connectivity index (χ4v) is 11.3. The Balaban J connectivity index is 0.00000103. The van der Waals surface area contributed by atoms with E-state index in [9.17, 15) is 0 Å². The molecular formula is C29H32Br2NiP2+2. The van der Waals surface area contributed by atoms with E-state index >= 15 is 0 Å². The van der Waals surface area contributed by atoms with E-state index in [1.54, 1.807) is 0 Å². The molecule has 4 rings (SSSR count). The average molecular weight is 661 g/mol. The van der Waals surface area contributed by atoms with Gasteiger partial charge in [-0.05, 0) is 62.4 Å². The molecule has 34 heavy (non-hydrogen) atoms. The van der Waals surface area contributed by atoms with Crippen LogP contribution in [0, 0.1) is 0 Å². The van der Waals surface area contributed by atoms with Crippen molar-refractivity contribution in [3.63, 3.8) is 0 Å². The Labute approximate surface area is 227 Å². The molecule has 0 bridgehead atoms. The van der Waals surface area contributed by atoms with Crippen LogP contribution in [0.15, 0.2) is 121 Å². The second-order valence-corrected chi connectivity index (χ2v) is 19.3. The number of halogens is 2. The normalized spacial score (nSPS) is 12.8. The minimum atomic E-state index is -0.852. The molecule has 2 atom stereocenters. The molecule has 0 aliphatic rings. The molecule has 0 unspecified atom stereocenters. The van der Waals surface area contributed by atoms with Crippen molar-refractivity contribution < 1.29 is 10.9 Å². The van der Waals surface area contributed by atoms with Gasteiger partial charge in [-0.2, -0.15) is 0 Å². The third kappa shape index (κ3) is 8.12. The maximum atomic E-state index is 3.00. The molecule has 0 aromatic heterocycles. The molecule has 4 aromatic carbocycles. The van der Waals surface area contributed by atoms with Gasteiger partial charge in [-0.15, -0.1) is 0 Å². The first kappa shape index (κ1) is 27.8. The molecule has 0 aliphatic carbocycles. The summed E-state index contributed by atoms with van der Waals surface area (Å²) in [6, 6.07) is 44.8. The molecule has 0 saturated heterocycles. The van der Waals surface area contributed by atoms with Crippen LogP contribution in [0.3, 0.4) is 0 Å². The van der Waals surface area contributed by atoms with Gasteiger partial charge in [-0.1, -0.05) is 72.8 Å². The molecule has 0 saturated carbocycles. The molecule has 0 radical (unpaired) electrons. The summed E-state index contributed by atoms with van der Waals surface area (Å²) in [6.45, 7) is 4.97. The van der Waals surface area contributed by atoms with E-state index in [-0.39, 0.29) is 0 Å². The van der Waals surface area contributed by atoms with Crippen molar-refractivity contribution in [2.75, 3.05) is 0 Å². The van der Waals surface area contributed by atoms with Crippen molar-refractivity contribution in [3.8, 4) is 0 Å². The Morgan fingerprint density at radius 3 is 0.912 bits per heavy atom. The minimum absolute atomic E-state index is 0.650. The van der Waals surface area contributed by atoms with E-state index in [0.717, 1.165) is 0 Å². The second-order valence-electron chi connectivity index (χ2n) is 8.37. The van der Waals surface area contributed by atoms with Crippen LogP contribution in [0.25, 0.3) is 0 Å². The first-order valence-corrected chi connectivity index (χ1v) is 19.5. The molecule has 0 N–H and O–H groups in total. The van der Waals surface area contributed by atoms with Crippen LogP contribution >= 0.6 is 44.3 Å². The van der Waals surface area contributed by atoms with Crippen LogP contribution in [-0.4, -0.2) is 11.3 Å². The van der Waals surface area contributed by atoms with Gasteiger partial charge >= 0.3 is 39.3 Å². The van der Waals surface area contributed by atoms with Gasteiger partial charge in [0.25, 0.3) is 0 Å². The molecule has 180 valence electrons. The summed E-state index contributed by atoms with van der Waals surface area (Å²) >= 11 is 6.00. The Morgan fingerprint density at radius 2 is 0.706 bits per heavy atom. The van der Waals surface area contributed by atoms with Crippen LogP contribution in [0.5, 0.6) is 0 Å². The third-order valence-corrected chi connectivity index (χ3v) is 12.3. The van der Waals surface area contributed by atoms with Gasteiger partial charge in [0.15, 0.2) is 0 Å². The number of benzene rings is 4. The zero-order valence-corrected chi connectivity index (χ0v) is 25.6. The number of hydrogen-bond donors (Lipinski definition) is 0. The molecule has 0 fully saturated rings. The zero-order valence-electron chi connectivity index (χ0n) is 19.5. The average Bonchev–Trinajstić information content (AvgIpc) is 2.87. The van der Waals surface area contributed by atoms with Crippen LogP contribution in [0.2, 0.25) is 0 Å². The van der Waals surface area contributed by atoms with E-state index in [4.69, 9.17) is 0 Å². The molecular weight excluding hydrogens is 629 g/mol. The van der Waals surface area contributed by atoms with E-state index in [1.165, 1.54) is 38.5 Å². The predicted molar refractivity (Wildman–Crippen MR) is 162 cm³/mol. The Hall–Kier alpha value is -0.806. The van der Waals surface area contributed by atoms with E-state index < -0.39 is 15.8 Å². The summed E-state index contributed by atoms with van der Waals surface area (Å²) in [5.74, 6) is 0. The number of rotatable bonds is 8. The predicted octanol–water partition coefficient (Wildman–Crippen LogP) is 7.57. The van der Waals surface area contributed by atoms with Crippen LogP contribution in [-0.2, 0) is 10.9 Å². The summed E-state index contributed by atoms with van der Waals surface area (Å²) < 4.78 is 0. The molecule has 5 heteroatoms. The summed E-state index contributed by atoms with van der Waals surface area (Å²) in [5, 5.41) is 6.08. The molecule has 0 heterocycles. The monoisotopic (exact) mass is 658 g/mol. The van der Waals surface area contributed by atoms with Gasteiger partial charge in [0, 0.05) is 6.42 Å². The van der Waals surface area contributed by atoms with Gasteiger partial charge in [0.2, 0.25) is 0 Å². The molecule has 0 aliphatic heterocycles. The van der Waals surface area contributed by atoms with E-state index in [0.29, 0.717) is 11.3 Å². The maximum absolute atomic E-state index is 3.00. The third-order valence-electron chi connectivity index (χ3n) is 6.03. The molecule has 0 spiro atoms. The van der Waals surface area contributed by atoms with Crippen molar-refractivity contribution in [2.45, 2.75) is 31.6 Å². The van der Waals surface area contributed by atoms with Crippen LogP contribution < -0.4 is 21.2 Å². The van der Waals surface area contributed by atoms with Gasteiger partial charge in [0.05, 0.1) is 48.4 Å².